The SMILES string of the molecule is CC.CC(=O)O.CC(=O)O.CC(=O)O.CC(=O)O.CC(=O)O.CC(=O)O.CC(=O)O.CC(=O)O.CC(=O)O.CC(=O)O. The molecule has 0 bridgehead atoms. The van der Waals surface area contributed by atoms with Crippen LogP contribution in [0.3, 0.4) is 0 Å². The molecule has 0 aliphatic carbocycles. The Balaban J connectivity index is -0.0000000281. The predicted octanol–water partition coefficient (Wildman–Crippen LogP) is 1.94. The van der Waals surface area contributed by atoms with Crippen molar-refractivity contribution in [1.82, 2.24) is 0 Å². The van der Waals surface area contributed by atoms with Crippen LogP contribution in [-0.2, 0) is 47.9 Å². The minimum absolute atomic E-state index is 0.833. The smallest absolute Gasteiger partial charge is 0.300 e. The molecule has 0 atom stereocenters. The second kappa shape index (κ2) is 70.5. The molecule has 0 spiro atoms. The number of hydrogen-bond donors (Lipinski definition) is 10. The lowest BCUT2D eigenvalue weighted by Crippen LogP contribution is -1.78. The normalized spacial score (nSPS) is 6.10. The first-order chi connectivity index (χ1) is 18.3. The van der Waals surface area contributed by atoms with Crippen LogP contribution in [0.4, 0.5) is 0 Å². The van der Waals surface area contributed by atoms with Gasteiger partial charge in [0.1, 0.15) is 0 Å². The molecule has 42 heavy (non-hydrogen) atoms. The standard InChI is InChI=1S/10C2H4O2.C2H6/c10*1-2(3)4;1-2/h10*1H3,(H,3,4);1-2H3. The molecule has 0 aromatic carbocycles. The summed E-state index contributed by atoms with van der Waals surface area (Å²) in [4.78, 5) is 90.0. The lowest BCUT2D eigenvalue weighted by molar-refractivity contribution is -0.135. The van der Waals surface area contributed by atoms with Crippen molar-refractivity contribution in [2.24, 2.45) is 0 Å². The second-order valence-electron chi connectivity index (χ2n) is 5.19. The van der Waals surface area contributed by atoms with Crippen molar-refractivity contribution in [3.05, 3.63) is 0 Å². The highest BCUT2D eigenvalue weighted by Crippen LogP contribution is 1.45. The van der Waals surface area contributed by atoms with Crippen LogP contribution in [0, 0.1) is 0 Å². The Hall–Kier alpha value is -5.30. The summed E-state index contributed by atoms with van der Waals surface area (Å²) >= 11 is 0. The van der Waals surface area contributed by atoms with Crippen molar-refractivity contribution in [3.63, 3.8) is 0 Å². The number of carbonyl (C=O) groups is 10. The van der Waals surface area contributed by atoms with Crippen molar-refractivity contribution in [3.8, 4) is 0 Å². The number of carboxylic acids is 10. The van der Waals surface area contributed by atoms with E-state index in [-0.39, 0.29) is 0 Å². The van der Waals surface area contributed by atoms with E-state index in [1.165, 1.54) is 0 Å². The average molecular weight is 631 g/mol. The van der Waals surface area contributed by atoms with E-state index in [0.29, 0.717) is 0 Å². The van der Waals surface area contributed by atoms with Crippen LogP contribution in [-0.4, -0.2) is 111 Å². The van der Waals surface area contributed by atoms with Gasteiger partial charge in [-0.15, -0.1) is 0 Å². The zero-order valence-corrected chi connectivity index (χ0v) is 25.6. The Bertz CT molecular complexity index is 471. The number of rotatable bonds is 0. The fraction of sp³-hybridized carbons (Fsp3) is 0.545. The van der Waals surface area contributed by atoms with E-state index < -0.39 is 59.7 Å². The van der Waals surface area contributed by atoms with Gasteiger partial charge >= 0.3 is 0 Å². The van der Waals surface area contributed by atoms with Crippen LogP contribution in [0.2, 0.25) is 0 Å². The van der Waals surface area contributed by atoms with Crippen LogP contribution >= 0.6 is 0 Å². The Morgan fingerprint density at radius 1 is 0.214 bits per heavy atom. The maximum absolute atomic E-state index is 9.00. The zero-order valence-electron chi connectivity index (χ0n) is 25.6. The minimum atomic E-state index is -0.833. The maximum Gasteiger partial charge on any atom is 0.300 e. The molecule has 20 nitrogen and oxygen atoms in total. The molecule has 0 rings (SSSR count). The Kier molecular flexibility index (Phi) is 119. The van der Waals surface area contributed by atoms with Crippen LogP contribution in [0.1, 0.15) is 83.1 Å². The fourth-order valence-electron chi connectivity index (χ4n) is 0. The van der Waals surface area contributed by atoms with Crippen molar-refractivity contribution in [2.75, 3.05) is 0 Å². The van der Waals surface area contributed by atoms with Crippen molar-refractivity contribution < 1.29 is 99.0 Å². The summed E-state index contributed by atoms with van der Waals surface area (Å²) in [6.07, 6.45) is 0. The van der Waals surface area contributed by atoms with Gasteiger partial charge in [0.05, 0.1) is 0 Å². The number of carboxylic acid groups (broad SMARTS) is 10. The van der Waals surface area contributed by atoms with E-state index in [4.69, 9.17) is 99.0 Å². The lowest BCUT2D eigenvalue weighted by atomic mass is 10.9. The first-order valence-electron chi connectivity index (χ1n) is 10.3. The summed E-state index contributed by atoms with van der Waals surface area (Å²) in [7, 11) is 0. The van der Waals surface area contributed by atoms with Gasteiger partial charge in [0.2, 0.25) is 0 Å². The summed E-state index contributed by atoms with van der Waals surface area (Å²) in [6.45, 7) is 14.8. The quantitative estimate of drug-likeness (QED) is 0.182. The predicted molar refractivity (Wildman–Crippen MR) is 144 cm³/mol. The van der Waals surface area contributed by atoms with Gasteiger partial charge in [-0.1, -0.05) is 13.8 Å². The molecule has 0 aromatic heterocycles. The van der Waals surface area contributed by atoms with Crippen LogP contribution in [0.5, 0.6) is 0 Å². The summed E-state index contributed by atoms with van der Waals surface area (Å²) in [5, 5.41) is 74.2. The third kappa shape index (κ3) is 1400. The average Bonchev–Trinajstić information content (AvgIpc) is 2.57. The Morgan fingerprint density at radius 2 is 0.214 bits per heavy atom. The van der Waals surface area contributed by atoms with Gasteiger partial charge in [-0.05, 0) is 0 Å². The summed E-state index contributed by atoms with van der Waals surface area (Å²) in [5.74, 6) is -8.33. The summed E-state index contributed by atoms with van der Waals surface area (Å²) < 4.78 is 0. The van der Waals surface area contributed by atoms with E-state index in [0.717, 1.165) is 69.2 Å². The van der Waals surface area contributed by atoms with Gasteiger partial charge in [0.25, 0.3) is 59.7 Å². The van der Waals surface area contributed by atoms with Crippen LogP contribution in [0.25, 0.3) is 0 Å². The van der Waals surface area contributed by atoms with Gasteiger partial charge in [0.15, 0.2) is 0 Å². The molecular weight excluding hydrogens is 584 g/mol. The second-order valence-corrected chi connectivity index (χ2v) is 5.19. The van der Waals surface area contributed by atoms with Gasteiger partial charge in [-0.3, -0.25) is 47.9 Å². The molecule has 0 aliphatic rings. The molecule has 0 fully saturated rings. The van der Waals surface area contributed by atoms with E-state index in [1.54, 1.807) is 0 Å². The van der Waals surface area contributed by atoms with Gasteiger partial charge < -0.3 is 51.1 Å². The van der Waals surface area contributed by atoms with Crippen LogP contribution in [0.15, 0.2) is 0 Å². The van der Waals surface area contributed by atoms with Crippen LogP contribution < -0.4 is 0 Å². The molecule has 254 valence electrons. The minimum Gasteiger partial charge on any atom is -0.481 e. The van der Waals surface area contributed by atoms with Crippen molar-refractivity contribution >= 4 is 59.7 Å². The highest BCUT2D eigenvalue weighted by molar-refractivity contribution is 5.65. The molecule has 10 N–H and O–H groups in total. The van der Waals surface area contributed by atoms with Gasteiger partial charge in [-0.25, -0.2) is 0 Å². The number of hydrogen-bond acceptors (Lipinski definition) is 10. The van der Waals surface area contributed by atoms with E-state index in [1.807, 2.05) is 13.8 Å². The van der Waals surface area contributed by atoms with Gasteiger partial charge in [0, 0.05) is 69.2 Å². The monoisotopic (exact) mass is 630 g/mol. The van der Waals surface area contributed by atoms with Crippen molar-refractivity contribution in [1.29, 1.82) is 0 Å². The van der Waals surface area contributed by atoms with Gasteiger partial charge in [-0.2, -0.15) is 0 Å². The first kappa shape index (κ1) is 70.8. The Labute approximate surface area is 242 Å². The first-order valence-corrected chi connectivity index (χ1v) is 10.3. The molecule has 20 heteroatoms. The number of aliphatic carboxylic acids is 10. The molecule has 0 aromatic rings. The molecule has 0 saturated carbocycles. The highest BCUT2D eigenvalue weighted by atomic mass is 16.4. The molecule has 0 saturated heterocycles. The van der Waals surface area contributed by atoms with E-state index in [9.17, 15) is 0 Å². The lowest BCUT2D eigenvalue weighted by Gasteiger charge is -1.59. The molecule has 0 aliphatic heterocycles. The molecule has 0 heterocycles. The van der Waals surface area contributed by atoms with E-state index in [2.05, 4.69) is 0 Å². The molecule has 0 unspecified atom stereocenters. The van der Waals surface area contributed by atoms with E-state index >= 15 is 0 Å². The zero-order chi connectivity index (χ0) is 37.8. The summed E-state index contributed by atoms with van der Waals surface area (Å²) in [6, 6.07) is 0. The fourth-order valence-corrected chi connectivity index (χ4v) is 0. The largest absolute Gasteiger partial charge is 0.481 e. The third-order valence-corrected chi connectivity index (χ3v) is 0. The Morgan fingerprint density at radius 3 is 0.214 bits per heavy atom. The topological polar surface area (TPSA) is 373 Å². The molecule has 0 radical (unpaired) electrons. The highest BCUT2D eigenvalue weighted by Gasteiger charge is 1.68. The maximum atomic E-state index is 9.00. The van der Waals surface area contributed by atoms with Crippen molar-refractivity contribution in [2.45, 2.75) is 83.1 Å². The summed E-state index contributed by atoms with van der Waals surface area (Å²) in [5.41, 5.74) is 0. The molecule has 0 amide bonds. The third-order valence-electron chi connectivity index (χ3n) is 0. The molecular formula is C22H46O20.